The van der Waals surface area contributed by atoms with Crippen molar-refractivity contribution in [1.82, 2.24) is 15.1 Å². The summed E-state index contributed by atoms with van der Waals surface area (Å²) in [6.45, 7) is 5.32. The molecule has 2 heterocycles. The van der Waals surface area contributed by atoms with Gasteiger partial charge in [-0.1, -0.05) is 13.8 Å². The summed E-state index contributed by atoms with van der Waals surface area (Å²) >= 11 is 0. The molecule has 108 valence electrons. The van der Waals surface area contributed by atoms with E-state index in [4.69, 9.17) is 0 Å². The van der Waals surface area contributed by atoms with E-state index in [1.165, 1.54) is 12.8 Å². The van der Waals surface area contributed by atoms with E-state index in [2.05, 4.69) is 24.0 Å². The maximum absolute atomic E-state index is 12.5. The summed E-state index contributed by atoms with van der Waals surface area (Å²) in [5.41, 5.74) is 0.699. The van der Waals surface area contributed by atoms with Gasteiger partial charge in [0.1, 0.15) is 0 Å². The third-order valence-corrected chi connectivity index (χ3v) is 4.37. The summed E-state index contributed by atoms with van der Waals surface area (Å²) in [6.07, 6.45) is 2.51. The van der Waals surface area contributed by atoms with Crippen LogP contribution in [0.15, 0.2) is 12.1 Å². The lowest BCUT2D eigenvalue weighted by Crippen LogP contribution is -2.64. The molecule has 20 heavy (non-hydrogen) atoms. The van der Waals surface area contributed by atoms with E-state index in [9.17, 15) is 4.79 Å². The highest BCUT2D eigenvalue weighted by Gasteiger charge is 2.54. The maximum atomic E-state index is 12.5. The van der Waals surface area contributed by atoms with E-state index in [1.54, 1.807) is 6.07 Å². The summed E-state index contributed by atoms with van der Waals surface area (Å²) < 4.78 is 0. The molecule has 1 unspecified atom stereocenters. The van der Waals surface area contributed by atoms with Crippen molar-refractivity contribution >= 4 is 11.7 Å². The monoisotopic (exact) mass is 274 g/mol. The van der Waals surface area contributed by atoms with Crippen LogP contribution in [0.4, 0.5) is 5.82 Å². The molecule has 1 saturated carbocycles. The fourth-order valence-electron chi connectivity index (χ4n) is 3.27. The Morgan fingerprint density at radius 2 is 2.00 bits per heavy atom. The lowest BCUT2D eigenvalue weighted by Gasteiger charge is -2.54. The second-order valence-corrected chi connectivity index (χ2v) is 6.88. The van der Waals surface area contributed by atoms with Crippen LogP contribution in [0.25, 0.3) is 0 Å². The topological polar surface area (TPSA) is 49.3 Å². The Hall–Kier alpha value is -1.65. The van der Waals surface area contributed by atoms with Gasteiger partial charge in [-0.3, -0.25) is 4.79 Å². The fraction of sp³-hybridized carbons (Fsp3) is 0.667. The molecule has 0 spiro atoms. The molecule has 3 rings (SSSR count). The number of nitrogens with zero attached hydrogens (tertiary/aromatic N) is 4. The first-order chi connectivity index (χ1) is 9.40. The van der Waals surface area contributed by atoms with Crippen LogP contribution in [0.2, 0.25) is 0 Å². The number of likely N-dealkylation sites (tertiary alicyclic amines) is 1. The van der Waals surface area contributed by atoms with Crippen LogP contribution >= 0.6 is 0 Å². The van der Waals surface area contributed by atoms with E-state index in [-0.39, 0.29) is 11.3 Å². The molecule has 1 aliphatic carbocycles. The Morgan fingerprint density at radius 1 is 1.30 bits per heavy atom. The van der Waals surface area contributed by atoms with Crippen LogP contribution in [0.5, 0.6) is 0 Å². The minimum Gasteiger partial charge on any atom is -0.361 e. The van der Waals surface area contributed by atoms with Crippen LogP contribution in [0, 0.1) is 11.3 Å². The zero-order chi connectivity index (χ0) is 14.5. The largest absolute Gasteiger partial charge is 0.361 e. The van der Waals surface area contributed by atoms with Gasteiger partial charge in [0.2, 0.25) is 0 Å². The molecular formula is C15H22N4O. The van der Waals surface area contributed by atoms with Crippen molar-refractivity contribution in [1.29, 1.82) is 0 Å². The van der Waals surface area contributed by atoms with Gasteiger partial charge in [-0.05, 0) is 30.9 Å². The summed E-state index contributed by atoms with van der Waals surface area (Å²) in [7, 11) is 3.82. The number of hydrogen-bond acceptors (Lipinski definition) is 4. The highest BCUT2D eigenvalue weighted by molar-refractivity contribution is 5.93. The quantitative estimate of drug-likeness (QED) is 0.843. The maximum Gasteiger partial charge on any atom is 0.274 e. The lowest BCUT2D eigenvalue weighted by molar-refractivity contribution is -0.0413. The normalized spacial score (nSPS) is 24.2. The predicted octanol–water partition coefficient (Wildman–Crippen LogP) is 1.80. The van der Waals surface area contributed by atoms with Crippen LogP contribution in [0.3, 0.4) is 0 Å². The van der Waals surface area contributed by atoms with Crippen molar-refractivity contribution < 1.29 is 4.79 Å². The van der Waals surface area contributed by atoms with Crippen LogP contribution in [-0.2, 0) is 0 Å². The van der Waals surface area contributed by atoms with Crippen molar-refractivity contribution in [2.45, 2.75) is 32.7 Å². The van der Waals surface area contributed by atoms with Crippen molar-refractivity contribution in [3.63, 3.8) is 0 Å². The summed E-state index contributed by atoms with van der Waals surface area (Å²) in [4.78, 5) is 16.4. The molecule has 0 aromatic carbocycles. The molecule has 5 nitrogen and oxygen atoms in total. The Balaban J connectivity index is 1.76. The van der Waals surface area contributed by atoms with E-state index in [0.717, 1.165) is 12.4 Å². The Morgan fingerprint density at radius 3 is 2.45 bits per heavy atom. The Kier molecular flexibility index (Phi) is 2.96. The smallest absolute Gasteiger partial charge is 0.274 e. The van der Waals surface area contributed by atoms with Gasteiger partial charge in [0, 0.05) is 32.1 Å². The molecule has 1 aliphatic heterocycles. The third kappa shape index (κ3) is 2.15. The summed E-state index contributed by atoms with van der Waals surface area (Å²) in [5, 5.41) is 8.17. The number of carbonyl (C=O) groups is 1. The lowest BCUT2D eigenvalue weighted by atomic mass is 9.72. The molecule has 0 bridgehead atoms. The zero-order valence-corrected chi connectivity index (χ0v) is 12.6. The number of aromatic nitrogens is 2. The molecule has 1 amide bonds. The molecule has 0 radical (unpaired) electrons. The molecular weight excluding hydrogens is 252 g/mol. The number of rotatable bonds is 3. The van der Waals surface area contributed by atoms with Crippen molar-refractivity contribution in [2.24, 2.45) is 11.3 Å². The molecule has 0 N–H and O–H groups in total. The zero-order valence-electron chi connectivity index (χ0n) is 12.6. The van der Waals surface area contributed by atoms with Gasteiger partial charge < -0.3 is 9.80 Å². The van der Waals surface area contributed by atoms with E-state index in [0.29, 0.717) is 17.7 Å². The molecule has 1 aromatic heterocycles. The average molecular weight is 274 g/mol. The third-order valence-electron chi connectivity index (χ3n) is 4.37. The van der Waals surface area contributed by atoms with Crippen LogP contribution in [0.1, 0.15) is 37.2 Å². The molecule has 1 aromatic rings. The standard InChI is InChI=1S/C15H22N4O/c1-15(2)9-19(13(15)10-5-6-10)14(20)11-7-8-12(17-16-11)18(3)4/h7-8,10,13H,5-6,9H2,1-4H3. The van der Waals surface area contributed by atoms with Crippen LogP contribution in [-0.4, -0.2) is 47.7 Å². The number of amides is 1. The van der Waals surface area contributed by atoms with E-state index in [1.807, 2.05) is 30.0 Å². The fourth-order valence-corrected chi connectivity index (χ4v) is 3.27. The van der Waals surface area contributed by atoms with Crippen molar-refractivity contribution in [3.05, 3.63) is 17.8 Å². The second kappa shape index (κ2) is 4.43. The van der Waals surface area contributed by atoms with Crippen LogP contribution < -0.4 is 4.90 Å². The highest BCUT2D eigenvalue weighted by atomic mass is 16.2. The SMILES string of the molecule is CN(C)c1ccc(C(=O)N2CC(C)(C)C2C2CC2)nn1. The Labute approximate surface area is 120 Å². The Bertz CT molecular complexity index is 519. The first kappa shape index (κ1) is 13.3. The number of hydrogen-bond donors (Lipinski definition) is 0. The number of anilines is 1. The predicted molar refractivity (Wildman–Crippen MR) is 77.7 cm³/mol. The molecule has 2 aliphatic rings. The minimum atomic E-state index is 0.0269. The second-order valence-electron chi connectivity index (χ2n) is 6.88. The van der Waals surface area contributed by atoms with Gasteiger partial charge >= 0.3 is 0 Å². The average Bonchev–Trinajstić information content (AvgIpc) is 3.20. The van der Waals surface area contributed by atoms with Crippen molar-refractivity contribution in [2.75, 3.05) is 25.5 Å². The van der Waals surface area contributed by atoms with Gasteiger partial charge in [0.25, 0.3) is 5.91 Å². The van der Waals surface area contributed by atoms with Crippen molar-refractivity contribution in [3.8, 4) is 0 Å². The van der Waals surface area contributed by atoms with E-state index >= 15 is 0 Å². The van der Waals surface area contributed by atoms with Gasteiger partial charge in [-0.2, -0.15) is 0 Å². The first-order valence-electron chi connectivity index (χ1n) is 7.22. The number of carbonyl (C=O) groups excluding carboxylic acids is 1. The first-order valence-corrected chi connectivity index (χ1v) is 7.22. The van der Waals surface area contributed by atoms with E-state index < -0.39 is 0 Å². The molecule has 1 atom stereocenters. The highest BCUT2D eigenvalue weighted by Crippen LogP contribution is 2.50. The summed E-state index contributed by atoms with van der Waals surface area (Å²) in [6, 6.07) is 4.00. The minimum absolute atomic E-state index is 0.0269. The molecule has 1 saturated heterocycles. The van der Waals surface area contributed by atoms with Gasteiger partial charge in [-0.15, -0.1) is 10.2 Å². The molecule has 5 heteroatoms. The molecule has 2 fully saturated rings. The van der Waals surface area contributed by atoms with Gasteiger partial charge in [0.05, 0.1) is 0 Å². The van der Waals surface area contributed by atoms with Gasteiger partial charge in [0.15, 0.2) is 11.5 Å². The van der Waals surface area contributed by atoms with Gasteiger partial charge in [-0.25, -0.2) is 0 Å². The summed E-state index contributed by atoms with van der Waals surface area (Å²) in [5.74, 6) is 1.49.